The highest BCUT2D eigenvalue weighted by molar-refractivity contribution is 7.17. The number of pyridine rings is 1. The summed E-state index contributed by atoms with van der Waals surface area (Å²) in [5.41, 5.74) is 0.916. The van der Waals surface area contributed by atoms with Crippen LogP contribution in [0.1, 0.15) is 37.7 Å². The second kappa shape index (κ2) is 9.59. The number of alkyl halides is 3. The van der Waals surface area contributed by atoms with E-state index in [1.807, 2.05) is 0 Å². The number of benzene rings is 1. The van der Waals surface area contributed by atoms with Gasteiger partial charge in [-0.25, -0.2) is 4.98 Å². The van der Waals surface area contributed by atoms with E-state index in [0.717, 1.165) is 17.4 Å². The van der Waals surface area contributed by atoms with E-state index in [1.165, 1.54) is 42.7 Å². The highest BCUT2D eigenvalue weighted by Crippen LogP contribution is 2.33. The van der Waals surface area contributed by atoms with Crippen LogP contribution in [-0.2, 0) is 17.8 Å². The smallest absolute Gasteiger partial charge is 0.405 e. The van der Waals surface area contributed by atoms with Gasteiger partial charge in [0.05, 0.1) is 16.5 Å². The Labute approximate surface area is 195 Å². The summed E-state index contributed by atoms with van der Waals surface area (Å²) in [5.74, 6) is -2.33. The number of hydrogen-bond donors (Lipinski definition) is 2. The van der Waals surface area contributed by atoms with Crippen LogP contribution in [-0.4, -0.2) is 33.9 Å². The molecule has 2 heterocycles. The number of aromatic nitrogens is 2. The molecule has 4 rings (SSSR count). The number of halogens is 3. The molecule has 176 valence electrons. The number of amides is 2. The standard InChI is InChI=1S/C22H17F3N4O4S/c23-22(24,25)33-17-4-2-1-3-13(17)11-27-19(31)14-9-15-18(16(30)10-14)34-21(28-15)29-20(32)12-5-7-26-8-6-12/h1-8,14H,9-11H2,(H,27,31)(H,28,29,32)/t14-/m0/s1. The summed E-state index contributed by atoms with van der Waals surface area (Å²) >= 11 is 1.03. The van der Waals surface area contributed by atoms with E-state index in [-0.39, 0.29) is 35.9 Å². The number of rotatable bonds is 6. The number of anilines is 1. The zero-order chi connectivity index (χ0) is 24.3. The van der Waals surface area contributed by atoms with Gasteiger partial charge in [0, 0.05) is 42.9 Å². The number of Topliss-reactive ketones (excluding diaryl/α,β-unsaturated/α-hetero) is 1. The number of carbonyl (C=O) groups excluding carboxylic acids is 3. The summed E-state index contributed by atoms with van der Waals surface area (Å²) < 4.78 is 41.8. The minimum atomic E-state index is -4.86. The first kappa shape index (κ1) is 23.4. The average Bonchev–Trinajstić information content (AvgIpc) is 3.21. The molecule has 0 bridgehead atoms. The van der Waals surface area contributed by atoms with Gasteiger partial charge in [-0.2, -0.15) is 0 Å². The van der Waals surface area contributed by atoms with Crippen molar-refractivity contribution in [1.29, 1.82) is 0 Å². The third-order valence-electron chi connectivity index (χ3n) is 5.01. The molecule has 0 saturated heterocycles. The lowest BCUT2D eigenvalue weighted by molar-refractivity contribution is -0.274. The Balaban J connectivity index is 1.40. The third kappa shape index (κ3) is 5.57. The monoisotopic (exact) mass is 490 g/mol. The molecular formula is C22H17F3N4O4S. The maximum absolute atomic E-state index is 12.7. The predicted molar refractivity (Wildman–Crippen MR) is 115 cm³/mol. The van der Waals surface area contributed by atoms with Gasteiger partial charge in [0.2, 0.25) is 5.91 Å². The van der Waals surface area contributed by atoms with Crippen molar-refractivity contribution in [3.05, 3.63) is 70.5 Å². The summed E-state index contributed by atoms with van der Waals surface area (Å²) in [6.45, 7) is -0.201. The van der Waals surface area contributed by atoms with E-state index in [9.17, 15) is 27.6 Å². The first-order valence-corrected chi connectivity index (χ1v) is 10.9. The normalized spacial score (nSPS) is 15.4. The zero-order valence-corrected chi connectivity index (χ0v) is 18.2. The molecule has 12 heteroatoms. The fourth-order valence-corrected chi connectivity index (χ4v) is 4.38. The fraction of sp³-hybridized carbons (Fsp3) is 0.227. The Morgan fingerprint density at radius 1 is 1.12 bits per heavy atom. The molecule has 0 radical (unpaired) electrons. The SMILES string of the molecule is O=C(Nc1nc2c(s1)C(=O)C[C@@H](C(=O)NCc1ccccc1OC(F)(F)F)C2)c1ccncc1. The molecule has 0 spiro atoms. The number of carbonyl (C=O) groups is 3. The number of thiazole rings is 1. The molecule has 8 nitrogen and oxygen atoms in total. The average molecular weight is 490 g/mol. The summed E-state index contributed by atoms with van der Waals surface area (Å²) in [6.07, 6.45) is -1.82. The summed E-state index contributed by atoms with van der Waals surface area (Å²) in [6, 6.07) is 8.55. The van der Waals surface area contributed by atoms with Crippen LogP contribution < -0.4 is 15.4 Å². The Kier molecular flexibility index (Phi) is 6.59. The predicted octanol–water partition coefficient (Wildman–Crippen LogP) is 3.75. The van der Waals surface area contributed by atoms with Gasteiger partial charge in [0.25, 0.3) is 5.91 Å². The molecule has 34 heavy (non-hydrogen) atoms. The molecule has 2 amide bonds. The minimum Gasteiger partial charge on any atom is -0.405 e. The Hall–Kier alpha value is -3.80. The largest absolute Gasteiger partial charge is 0.573 e. The summed E-state index contributed by atoms with van der Waals surface area (Å²) in [7, 11) is 0. The lowest BCUT2D eigenvalue weighted by Gasteiger charge is -2.20. The van der Waals surface area contributed by atoms with Crippen LogP contribution in [0.4, 0.5) is 18.3 Å². The van der Waals surface area contributed by atoms with Crippen molar-refractivity contribution in [1.82, 2.24) is 15.3 Å². The van der Waals surface area contributed by atoms with E-state index < -0.39 is 29.8 Å². The van der Waals surface area contributed by atoms with Gasteiger partial charge >= 0.3 is 6.36 Å². The number of nitrogens with zero attached hydrogens (tertiary/aromatic N) is 2. The number of nitrogens with one attached hydrogen (secondary N) is 2. The van der Waals surface area contributed by atoms with Crippen LogP contribution in [0.5, 0.6) is 5.75 Å². The third-order valence-corrected chi connectivity index (χ3v) is 6.06. The topological polar surface area (TPSA) is 110 Å². The van der Waals surface area contributed by atoms with Gasteiger partial charge in [-0.1, -0.05) is 29.5 Å². The van der Waals surface area contributed by atoms with Crippen molar-refractivity contribution in [3.63, 3.8) is 0 Å². The Morgan fingerprint density at radius 2 is 1.85 bits per heavy atom. The Bertz CT molecular complexity index is 1230. The fourth-order valence-electron chi connectivity index (χ4n) is 3.44. The van der Waals surface area contributed by atoms with E-state index in [0.29, 0.717) is 16.1 Å². The molecular weight excluding hydrogens is 473 g/mol. The second-order valence-corrected chi connectivity index (χ2v) is 8.39. The number of ether oxygens (including phenoxy) is 1. The van der Waals surface area contributed by atoms with Gasteiger partial charge in [-0.3, -0.25) is 24.7 Å². The number of hydrogen-bond acceptors (Lipinski definition) is 7. The van der Waals surface area contributed by atoms with Crippen LogP contribution in [0.2, 0.25) is 0 Å². The molecule has 0 unspecified atom stereocenters. The molecule has 0 aliphatic heterocycles. The summed E-state index contributed by atoms with van der Waals surface area (Å²) in [4.78, 5) is 46.1. The van der Waals surface area contributed by atoms with Crippen molar-refractivity contribution < 1.29 is 32.3 Å². The lowest BCUT2D eigenvalue weighted by Crippen LogP contribution is -2.35. The molecule has 1 atom stereocenters. The van der Waals surface area contributed by atoms with Crippen molar-refractivity contribution in [2.24, 2.45) is 5.92 Å². The van der Waals surface area contributed by atoms with Crippen molar-refractivity contribution in [2.75, 3.05) is 5.32 Å². The van der Waals surface area contributed by atoms with Crippen LogP contribution in [0, 0.1) is 5.92 Å². The van der Waals surface area contributed by atoms with Crippen molar-refractivity contribution in [2.45, 2.75) is 25.7 Å². The van der Waals surface area contributed by atoms with Crippen molar-refractivity contribution in [3.8, 4) is 5.75 Å². The molecule has 1 aromatic carbocycles. The van der Waals surface area contributed by atoms with Crippen LogP contribution in [0.25, 0.3) is 0 Å². The highest BCUT2D eigenvalue weighted by atomic mass is 32.1. The van der Waals surface area contributed by atoms with Gasteiger partial charge in [0.1, 0.15) is 5.75 Å². The Morgan fingerprint density at radius 3 is 2.59 bits per heavy atom. The zero-order valence-electron chi connectivity index (χ0n) is 17.4. The van der Waals surface area contributed by atoms with Gasteiger partial charge < -0.3 is 10.1 Å². The number of ketones is 1. The molecule has 0 fully saturated rings. The molecule has 1 aliphatic rings. The van der Waals surface area contributed by atoms with Crippen LogP contribution in [0.15, 0.2) is 48.8 Å². The van der Waals surface area contributed by atoms with Crippen molar-refractivity contribution >= 4 is 34.1 Å². The minimum absolute atomic E-state index is 0.0700. The molecule has 0 saturated carbocycles. The number of fused-ring (bicyclic) bond motifs is 1. The first-order chi connectivity index (χ1) is 16.2. The molecule has 2 N–H and O–H groups in total. The van der Waals surface area contributed by atoms with E-state index in [4.69, 9.17) is 0 Å². The highest BCUT2D eigenvalue weighted by Gasteiger charge is 2.34. The first-order valence-electron chi connectivity index (χ1n) is 10.1. The van der Waals surface area contributed by atoms with Gasteiger partial charge in [-0.15, -0.1) is 13.2 Å². The molecule has 3 aromatic rings. The summed E-state index contributed by atoms with van der Waals surface area (Å²) in [5, 5.41) is 5.44. The van der Waals surface area contributed by atoms with Gasteiger partial charge in [-0.05, 0) is 18.2 Å². The lowest BCUT2D eigenvalue weighted by atomic mass is 9.89. The maximum atomic E-state index is 12.7. The maximum Gasteiger partial charge on any atom is 0.573 e. The second-order valence-electron chi connectivity index (χ2n) is 7.39. The number of para-hydroxylation sites is 1. The van der Waals surface area contributed by atoms with Crippen LogP contribution in [0.3, 0.4) is 0 Å². The van der Waals surface area contributed by atoms with E-state index in [1.54, 1.807) is 0 Å². The van der Waals surface area contributed by atoms with Crippen LogP contribution >= 0.6 is 11.3 Å². The molecule has 2 aromatic heterocycles. The van der Waals surface area contributed by atoms with E-state index >= 15 is 0 Å². The molecule has 1 aliphatic carbocycles. The van der Waals surface area contributed by atoms with Gasteiger partial charge in [0.15, 0.2) is 10.9 Å². The van der Waals surface area contributed by atoms with E-state index in [2.05, 4.69) is 25.3 Å². The quantitative estimate of drug-likeness (QED) is 0.545.